The van der Waals surface area contributed by atoms with Crippen molar-refractivity contribution in [1.29, 1.82) is 0 Å². The van der Waals surface area contributed by atoms with E-state index in [4.69, 9.17) is 22.1 Å². The Morgan fingerprint density at radius 3 is 2.78 bits per heavy atom. The van der Waals surface area contributed by atoms with Gasteiger partial charge in [0.25, 0.3) is 0 Å². The van der Waals surface area contributed by atoms with E-state index in [0.717, 1.165) is 23.3 Å². The lowest BCUT2D eigenvalue weighted by atomic mass is 10.1. The van der Waals surface area contributed by atoms with Crippen molar-refractivity contribution < 1.29 is 4.74 Å². The Bertz CT molecular complexity index is 517. The molecule has 3 nitrogen and oxygen atoms in total. The van der Waals surface area contributed by atoms with Crippen LogP contribution in [0.3, 0.4) is 0 Å². The number of pyridine rings is 1. The first kappa shape index (κ1) is 12.9. The summed E-state index contributed by atoms with van der Waals surface area (Å²) in [6, 6.07) is 9.76. The van der Waals surface area contributed by atoms with E-state index in [1.54, 1.807) is 12.4 Å². The predicted octanol–water partition coefficient (Wildman–Crippen LogP) is 2.82. The molecule has 0 saturated heterocycles. The monoisotopic (exact) mass is 262 g/mol. The second-order valence-corrected chi connectivity index (χ2v) is 4.31. The zero-order valence-electron chi connectivity index (χ0n) is 9.97. The predicted molar refractivity (Wildman–Crippen MR) is 72.8 cm³/mol. The zero-order chi connectivity index (χ0) is 12.8. The summed E-state index contributed by atoms with van der Waals surface area (Å²) in [5.41, 5.74) is 7.62. The van der Waals surface area contributed by atoms with Gasteiger partial charge in [0, 0.05) is 18.0 Å². The topological polar surface area (TPSA) is 48.1 Å². The average molecular weight is 263 g/mol. The maximum Gasteiger partial charge on any atom is 0.123 e. The van der Waals surface area contributed by atoms with Gasteiger partial charge < -0.3 is 10.5 Å². The highest BCUT2D eigenvalue weighted by molar-refractivity contribution is 6.31. The Hall–Kier alpha value is -1.58. The number of benzene rings is 1. The largest absolute Gasteiger partial charge is 0.489 e. The van der Waals surface area contributed by atoms with Gasteiger partial charge in [-0.2, -0.15) is 0 Å². The Labute approximate surface area is 112 Å². The Morgan fingerprint density at radius 2 is 2.00 bits per heavy atom. The molecule has 0 fully saturated rings. The van der Waals surface area contributed by atoms with Gasteiger partial charge in [-0.05, 0) is 30.7 Å². The van der Waals surface area contributed by atoms with E-state index in [1.807, 2.05) is 30.3 Å². The van der Waals surface area contributed by atoms with Crippen molar-refractivity contribution in [2.24, 2.45) is 5.73 Å². The molecule has 1 heterocycles. The number of rotatable bonds is 5. The van der Waals surface area contributed by atoms with Crippen molar-refractivity contribution in [2.75, 3.05) is 6.54 Å². The van der Waals surface area contributed by atoms with Crippen LogP contribution in [-0.2, 0) is 13.0 Å². The fraction of sp³-hybridized carbons (Fsp3) is 0.214. The molecule has 0 aliphatic carbocycles. The number of aromatic nitrogens is 1. The van der Waals surface area contributed by atoms with Crippen LogP contribution in [0.25, 0.3) is 0 Å². The lowest BCUT2D eigenvalue weighted by Gasteiger charge is -2.11. The van der Waals surface area contributed by atoms with Gasteiger partial charge >= 0.3 is 0 Å². The van der Waals surface area contributed by atoms with E-state index in [0.29, 0.717) is 18.2 Å². The Morgan fingerprint density at radius 1 is 1.17 bits per heavy atom. The minimum atomic E-state index is 0.433. The van der Waals surface area contributed by atoms with Crippen LogP contribution < -0.4 is 10.5 Å². The molecular weight excluding hydrogens is 248 g/mol. The molecule has 0 bridgehead atoms. The number of para-hydroxylation sites is 1. The van der Waals surface area contributed by atoms with Crippen molar-refractivity contribution in [3.8, 4) is 5.75 Å². The average Bonchev–Trinajstić information content (AvgIpc) is 2.40. The second kappa shape index (κ2) is 6.38. The number of hydrogen-bond donors (Lipinski definition) is 1. The molecule has 0 atom stereocenters. The molecule has 0 amide bonds. The van der Waals surface area contributed by atoms with Crippen molar-refractivity contribution in [3.05, 3.63) is 58.9 Å². The van der Waals surface area contributed by atoms with Crippen LogP contribution in [0.1, 0.15) is 11.1 Å². The molecule has 0 saturated carbocycles. The molecule has 94 valence electrons. The second-order valence-electron chi connectivity index (χ2n) is 3.90. The molecule has 4 heteroatoms. The third-order valence-electron chi connectivity index (χ3n) is 2.63. The van der Waals surface area contributed by atoms with Gasteiger partial charge in [-0.15, -0.1) is 0 Å². The molecule has 2 N–H and O–H groups in total. The minimum Gasteiger partial charge on any atom is -0.489 e. The van der Waals surface area contributed by atoms with Crippen molar-refractivity contribution in [1.82, 2.24) is 4.98 Å². The first-order chi connectivity index (χ1) is 8.81. The normalized spacial score (nSPS) is 10.3. The fourth-order valence-corrected chi connectivity index (χ4v) is 1.86. The molecule has 0 aliphatic heterocycles. The van der Waals surface area contributed by atoms with E-state index >= 15 is 0 Å². The Balaban J connectivity index is 2.08. The van der Waals surface area contributed by atoms with Gasteiger partial charge in [0.1, 0.15) is 12.4 Å². The number of hydrogen-bond acceptors (Lipinski definition) is 3. The summed E-state index contributed by atoms with van der Waals surface area (Å²) in [6.45, 7) is 1.04. The van der Waals surface area contributed by atoms with Gasteiger partial charge in [0.2, 0.25) is 0 Å². The third kappa shape index (κ3) is 3.22. The molecule has 0 radical (unpaired) electrons. The van der Waals surface area contributed by atoms with Crippen LogP contribution in [0.15, 0.2) is 42.7 Å². The van der Waals surface area contributed by atoms with Crippen LogP contribution in [0.2, 0.25) is 5.02 Å². The summed E-state index contributed by atoms with van der Waals surface area (Å²) in [6.07, 6.45) is 4.13. The van der Waals surface area contributed by atoms with Crippen molar-refractivity contribution >= 4 is 11.6 Å². The van der Waals surface area contributed by atoms with E-state index in [-0.39, 0.29) is 0 Å². The standard InChI is InChI=1S/C14H15ClN2O/c15-13-9-17-8-6-12(13)10-18-14-4-2-1-3-11(14)5-7-16/h1-4,6,8-9H,5,7,10,16H2. The summed E-state index contributed by atoms with van der Waals surface area (Å²) >= 11 is 6.03. The maximum absolute atomic E-state index is 6.03. The van der Waals surface area contributed by atoms with Crippen molar-refractivity contribution in [2.45, 2.75) is 13.0 Å². The fourth-order valence-electron chi connectivity index (χ4n) is 1.68. The first-order valence-corrected chi connectivity index (χ1v) is 6.18. The SMILES string of the molecule is NCCc1ccccc1OCc1ccncc1Cl. The van der Waals surface area contributed by atoms with Gasteiger partial charge in [0.15, 0.2) is 0 Å². The number of nitrogens with zero attached hydrogens (tertiary/aromatic N) is 1. The summed E-state index contributed by atoms with van der Waals surface area (Å²) in [5.74, 6) is 0.857. The summed E-state index contributed by atoms with van der Waals surface area (Å²) in [5, 5.41) is 0.619. The summed E-state index contributed by atoms with van der Waals surface area (Å²) in [7, 11) is 0. The first-order valence-electron chi connectivity index (χ1n) is 5.80. The van der Waals surface area contributed by atoms with Crippen LogP contribution in [0.4, 0.5) is 0 Å². The molecule has 1 aromatic carbocycles. The van der Waals surface area contributed by atoms with Crippen LogP contribution in [-0.4, -0.2) is 11.5 Å². The molecule has 2 rings (SSSR count). The highest BCUT2D eigenvalue weighted by atomic mass is 35.5. The van der Waals surface area contributed by atoms with Gasteiger partial charge in [-0.1, -0.05) is 29.8 Å². The molecule has 18 heavy (non-hydrogen) atoms. The quantitative estimate of drug-likeness (QED) is 0.901. The van der Waals surface area contributed by atoms with Crippen LogP contribution >= 0.6 is 11.6 Å². The highest BCUT2D eigenvalue weighted by Crippen LogP contribution is 2.21. The number of nitrogens with two attached hydrogens (primary N) is 1. The van der Waals surface area contributed by atoms with Crippen LogP contribution in [0.5, 0.6) is 5.75 Å². The molecule has 0 aliphatic rings. The van der Waals surface area contributed by atoms with E-state index in [1.165, 1.54) is 0 Å². The van der Waals surface area contributed by atoms with Crippen LogP contribution in [0, 0.1) is 0 Å². The Kier molecular flexibility index (Phi) is 4.56. The molecule has 1 aromatic heterocycles. The van der Waals surface area contributed by atoms with E-state index in [9.17, 15) is 0 Å². The lowest BCUT2D eigenvalue weighted by Crippen LogP contribution is -2.05. The number of ether oxygens (including phenoxy) is 1. The minimum absolute atomic E-state index is 0.433. The summed E-state index contributed by atoms with van der Waals surface area (Å²) in [4.78, 5) is 3.94. The number of halogens is 1. The van der Waals surface area contributed by atoms with Gasteiger partial charge in [0.05, 0.1) is 5.02 Å². The maximum atomic E-state index is 6.03. The molecule has 2 aromatic rings. The van der Waals surface area contributed by atoms with Gasteiger partial charge in [-0.25, -0.2) is 0 Å². The third-order valence-corrected chi connectivity index (χ3v) is 2.97. The van der Waals surface area contributed by atoms with E-state index in [2.05, 4.69) is 4.98 Å². The molecule has 0 unspecified atom stereocenters. The zero-order valence-corrected chi connectivity index (χ0v) is 10.7. The summed E-state index contributed by atoms with van der Waals surface area (Å²) < 4.78 is 5.79. The van der Waals surface area contributed by atoms with Crippen molar-refractivity contribution in [3.63, 3.8) is 0 Å². The molecule has 0 spiro atoms. The highest BCUT2D eigenvalue weighted by Gasteiger charge is 2.04. The lowest BCUT2D eigenvalue weighted by molar-refractivity contribution is 0.303. The van der Waals surface area contributed by atoms with E-state index < -0.39 is 0 Å². The van der Waals surface area contributed by atoms with Gasteiger partial charge in [-0.3, -0.25) is 4.98 Å². The molecular formula is C14H15ClN2O. The smallest absolute Gasteiger partial charge is 0.123 e.